The van der Waals surface area contributed by atoms with Gasteiger partial charge in [0.25, 0.3) is 0 Å². The third-order valence-electron chi connectivity index (χ3n) is 3.41. The summed E-state index contributed by atoms with van der Waals surface area (Å²) in [5.74, 6) is 1.07. The summed E-state index contributed by atoms with van der Waals surface area (Å²) < 4.78 is 5.22. The monoisotopic (exact) mass is 316 g/mol. The Morgan fingerprint density at radius 2 is 2.17 bits per heavy atom. The van der Waals surface area contributed by atoms with Crippen LogP contribution in [0.5, 0.6) is 0 Å². The van der Waals surface area contributed by atoms with E-state index < -0.39 is 0 Å². The van der Waals surface area contributed by atoms with Crippen molar-refractivity contribution in [2.75, 3.05) is 27.2 Å². The van der Waals surface area contributed by atoms with Crippen LogP contribution >= 0.6 is 0 Å². The van der Waals surface area contributed by atoms with E-state index in [1.165, 1.54) is 0 Å². The maximum absolute atomic E-state index is 11.8. The van der Waals surface area contributed by atoms with E-state index in [9.17, 15) is 4.79 Å². The quantitative estimate of drug-likeness (QED) is 0.755. The highest BCUT2D eigenvalue weighted by molar-refractivity contribution is 5.75. The molecule has 0 fully saturated rings. The topological polar surface area (TPSA) is 71.3 Å². The van der Waals surface area contributed by atoms with Crippen LogP contribution in [0.3, 0.4) is 0 Å². The molecule has 0 unspecified atom stereocenters. The molecule has 0 aliphatic heterocycles. The zero-order valence-corrected chi connectivity index (χ0v) is 14.0. The number of aryl methyl sites for hydroxylation is 2. The molecule has 0 saturated carbocycles. The first-order valence-electron chi connectivity index (χ1n) is 7.85. The molecule has 6 heteroatoms. The fraction of sp³-hybridized carbons (Fsp3) is 0.471. The predicted octanol–water partition coefficient (Wildman–Crippen LogP) is 2.05. The summed E-state index contributed by atoms with van der Waals surface area (Å²) in [5.41, 5.74) is 2.07. The molecule has 6 nitrogen and oxygen atoms in total. The van der Waals surface area contributed by atoms with Crippen molar-refractivity contribution >= 4 is 5.91 Å². The fourth-order valence-corrected chi connectivity index (χ4v) is 2.19. The maximum Gasteiger partial charge on any atom is 0.227 e. The predicted molar refractivity (Wildman–Crippen MR) is 89.0 cm³/mol. The SMILES string of the molecule is Cc1cccc(-c2noc(CCC(=O)NCCCN(C)C)n2)c1. The Morgan fingerprint density at radius 1 is 1.35 bits per heavy atom. The van der Waals surface area contributed by atoms with E-state index in [1.807, 2.05) is 45.3 Å². The third kappa shape index (κ3) is 5.83. The minimum absolute atomic E-state index is 0.0130. The second-order valence-corrected chi connectivity index (χ2v) is 5.89. The standard InChI is InChI=1S/C17H24N4O2/c1-13-6-4-7-14(12-13)17-19-16(23-20-17)9-8-15(22)18-10-5-11-21(2)3/h4,6-7,12H,5,8-11H2,1-3H3,(H,18,22). The number of nitrogens with zero attached hydrogens (tertiary/aromatic N) is 3. The molecule has 0 aliphatic rings. The molecule has 0 radical (unpaired) electrons. The average molecular weight is 316 g/mol. The average Bonchev–Trinajstić information content (AvgIpc) is 2.98. The van der Waals surface area contributed by atoms with Gasteiger partial charge in [-0.25, -0.2) is 0 Å². The van der Waals surface area contributed by atoms with E-state index in [0.717, 1.165) is 24.1 Å². The summed E-state index contributed by atoms with van der Waals surface area (Å²) >= 11 is 0. The van der Waals surface area contributed by atoms with Crippen LogP contribution in [0.4, 0.5) is 0 Å². The normalized spacial score (nSPS) is 11.0. The highest BCUT2D eigenvalue weighted by atomic mass is 16.5. The van der Waals surface area contributed by atoms with Gasteiger partial charge >= 0.3 is 0 Å². The minimum Gasteiger partial charge on any atom is -0.356 e. The van der Waals surface area contributed by atoms with Crippen molar-refractivity contribution in [2.24, 2.45) is 0 Å². The Bertz CT molecular complexity index is 637. The molecule has 0 aliphatic carbocycles. The van der Waals surface area contributed by atoms with Crippen LogP contribution in [0.25, 0.3) is 11.4 Å². The van der Waals surface area contributed by atoms with Crippen molar-refractivity contribution in [1.82, 2.24) is 20.4 Å². The summed E-state index contributed by atoms with van der Waals surface area (Å²) in [4.78, 5) is 18.2. The van der Waals surface area contributed by atoms with Crippen molar-refractivity contribution in [3.63, 3.8) is 0 Å². The van der Waals surface area contributed by atoms with Gasteiger partial charge < -0.3 is 14.7 Å². The van der Waals surface area contributed by atoms with E-state index in [1.54, 1.807) is 0 Å². The van der Waals surface area contributed by atoms with Gasteiger partial charge in [0.15, 0.2) is 0 Å². The lowest BCUT2D eigenvalue weighted by molar-refractivity contribution is -0.121. The smallest absolute Gasteiger partial charge is 0.227 e. The van der Waals surface area contributed by atoms with Crippen LogP contribution in [0.1, 0.15) is 24.3 Å². The number of carbonyl (C=O) groups is 1. The van der Waals surface area contributed by atoms with Crippen LogP contribution in [-0.2, 0) is 11.2 Å². The number of hydrogen-bond donors (Lipinski definition) is 1. The lowest BCUT2D eigenvalue weighted by Crippen LogP contribution is -2.27. The summed E-state index contributed by atoms with van der Waals surface area (Å²) in [7, 11) is 4.03. The molecule has 1 N–H and O–H groups in total. The Labute approximate surface area is 136 Å². The zero-order valence-electron chi connectivity index (χ0n) is 14.0. The minimum atomic E-state index is 0.0130. The van der Waals surface area contributed by atoms with Crippen molar-refractivity contribution in [2.45, 2.75) is 26.2 Å². The van der Waals surface area contributed by atoms with Crippen molar-refractivity contribution in [3.8, 4) is 11.4 Å². The Morgan fingerprint density at radius 3 is 2.91 bits per heavy atom. The molecule has 1 aromatic heterocycles. The zero-order chi connectivity index (χ0) is 16.7. The van der Waals surface area contributed by atoms with Gasteiger partial charge in [0.2, 0.25) is 17.6 Å². The van der Waals surface area contributed by atoms with Crippen molar-refractivity contribution < 1.29 is 9.32 Å². The molecular formula is C17H24N4O2. The number of amides is 1. The fourth-order valence-electron chi connectivity index (χ4n) is 2.19. The lowest BCUT2D eigenvalue weighted by Gasteiger charge is -2.09. The van der Waals surface area contributed by atoms with Crippen molar-refractivity contribution in [1.29, 1.82) is 0 Å². The van der Waals surface area contributed by atoms with Gasteiger partial charge in [-0.1, -0.05) is 28.9 Å². The van der Waals surface area contributed by atoms with Gasteiger partial charge in [-0.3, -0.25) is 4.79 Å². The highest BCUT2D eigenvalue weighted by Gasteiger charge is 2.10. The molecule has 1 heterocycles. The van der Waals surface area contributed by atoms with Crippen LogP contribution in [0.2, 0.25) is 0 Å². The summed E-state index contributed by atoms with van der Waals surface area (Å²) in [6, 6.07) is 7.93. The number of carbonyl (C=O) groups excluding carboxylic acids is 1. The van der Waals surface area contributed by atoms with Gasteiger partial charge in [0.1, 0.15) is 0 Å². The lowest BCUT2D eigenvalue weighted by atomic mass is 10.1. The van der Waals surface area contributed by atoms with E-state index in [2.05, 4.69) is 20.4 Å². The molecule has 1 amide bonds. The summed E-state index contributed by atoms with van der Waals surface area (Å²) in [5, 5.41) is 6.88. The second-order valence-electron chi connectivity index (χ2n) is 5.89. The Kier molecular flexibility index (Phi) is 6.29. The summed E-state index contributed by atoms with van der Waals surface area (Å²) in [6.45, 7) is 3.67. The number of rotatable bonds is 8. The van der Waals surface area contributed by atoms with Gasteiger partial charge in [0.05, 0.1) is 0 Å². The maximum atomic E-state index is 11.8. The van der Waals surface area contributed by atoms with Gasteiger partial charge in [-0.2, -0.15) is 4.98 Å². The van der Waals surface area contributed by atoms with Gasteiger partial charge in [-0.15, -0.1) is 0 Å². The Hall–Kier alpha value is -2.21. The first-order valence-corrected chi connectivity index (χ1v) is 7.85. The number of nitrogens with one attached hydrogen (secondary N) is 1. The number of aromatic nitrogens is 2. The van der Waals surface area contributed by atoms with Crippen LogP contribution in [0, 0.1) is 6.92 Å². The van der Waals surface area contributed by atoms with Crippen LogP contribution in [-0.4, -0.2) is 48.1 Å². The van der Waals surface area contributed by atoms with Gasteiger partial charge in [0, 0.05) is 24.9 Å². The number of benzene rings is 1. The first kappa shape index (κ1) is 17.1. The van der Waals surface area contributed by atoms with E-state index >= 15 is 0 Å². The molecule has 0 spiro atoms. The highest BCUT2D eigenvalue weighted by Crippen LogP contribution is 2.17. The number of hydrogen-bond acceptors (Lipinski definition) is 5. The summed E-state index contributed by atoms with van der Waals surface area (Å²) in [6.07, 6.45) is 1.76. The molecule has 0 saturated heterocycles. The molecule has 2 aromatic rings. The second kappa shape index (κ2) is 8.43. The van der Waals surface area contributed by atoms with Crippen LogP contribution < -0.4 is 5.32 Å². The molecule has 124 valence electrons. The Balaban J connectivity index is 1.77. The largest absolute Gasteiger partial charge is 0.356 e. The van der Waals surface area contributed by atoms with E-state index in [-0.39, 0.29) is 5.91 Å². The third-order valence-corrected chi connectivity index (χ3v) is 3.41. The van der Waals surface area contributed by atoms with Crippen molar-refractivity contribution in [3.05, 3.63) is 35.7 Å². The van der Waals surface area contributed by atoms with E-state index in [0.29, 0.717) is 31.1 Å². The molecule has 0 bridgehead atoms. The first-order chi connectivity index (χ1) is 11.0. The molecule has 23 heavy (non-hydrogen) atoms. The van der Waals surface area contributed by atoms with Crippen LogP contribution in [0.15, 0.2) is 28.8 Å². The van der Waals surface area contributed by atoms with E-state index in [4.69, 9.17) is 4.52 Å². The molecule has 1 aromatic carbocycles. The van der Waals surface area contributed by atoms with Gasteiger partial charge in [-0.05, 0) is 40.1 Å². The molecular weight excluding hydrogens is 292 g/mol. The molecule has 0 atom stereocenters. The molecule has 2 rings (SSSR count).